The number of ether oxygens (including phenoxy) is 1. The van der Waals surface area contributed by atoms with Crippen LogP contribution in [0, 0.1) is 5.92 Å². The van der Waals surface area contributed by atoms with Crippen LogP contribution in [0.1, 0.15) is 40.0 Å². The fraction of sp³-hybridized carbons (Fsp3) is 1.00. The van der Waals surface area contributed by atoms with E-state index in [0.717, 1.165) is 12.5 Å². The van der Waals surface area contributed by atoms with Gasteiger partial charge in [-0.3, -0.25) is 0 Å². The molecule has 1 N–H and O–H groups in total. The molecule has 0 aromatic heterocycles. The predicted octanol–water partition coefficient (Wildman–Crippen LogP) is 1.87. The van der Waals surface area contributed by atoms with E-state index in [-0.39, 0.29) is 5.60 Å². The molecule has 0 bridgehead atoms. The second kappa shape index (κ2) is 5.25. The summed E-state index contributed by atoms with van der Waals surface area (Å²) < 4.78 is 6.02. The molecule has 2 rings (SSSR count). The first-order valence-electron chi connectivity index (χ1n) is 7.06. The van der Waals surface area contributed by atoms with Crippen molar-refractivity contribution in [3.8, 4) is 0 Å². The van der Waals surface area contributed by atoms with Crippen LogP contribution in [0.4, 0.5) is 0 Å². The van der Waals surface area contributed by atoms with Gasteiger partial charge in [0.25, 0.3) is 0 Å². The number of piperidine rings is 1. The van der Waals surface area contributed by atoms with E-state index < -0.39 is 0 Å². The monoisotopic (exact) mass is 240 g/mol. The minimum Gasteiger partial charge on any atom is -0.371 e. The third kappa shape index (κ3) is 3.67. The van der Waals surface area contributed by atoms with Gasteiger partial charge in [0.2, 0.25) is 0 Å². The van der Waals surface area contributed by atoms with Crippen LogP contribution in [0.15, 0.2) is 0 Å². The van der Waals surface area contributed by atoms with E-state index >= 15 is 0 Å². The van der Waals surface area contributed by atoms with E-state index in [2.05, 4.69) is 38.0 Å². The van der Waals surface area contributed by atoms with E-state index in [1.165, 1.54) is 32.4 Å². The molecule has 0 aliphatic carbocycles. The SMILES string of the molecule is CC1CN(C)CCC1NCC1CCC(C)(C)O1. The predicted molar refractivity (Wildman–Crippen MR) is 71.3 cm³/mol. The molecule has 0 spiro atoms. The lowest BCUT2D eigenvalue weighted by atomic mass is 9.94. The maximum Gasteiger partial charge on any atom is 0.0707 e. The Morgan fingerprint density at radius 1 is 1.35 bits per heavy atom. The Labute approximate surface area is 106 Å². The van der Waals surface area contributed by atoms with Crippen molar-refractivity contribution >= 4 is 0 Å². The Kier molecular flexibility index (Phi) is 4.11. The molecular weight excluding hydrogens is 212 g/mol. The van der Waals surface area contributed by atoms with Crippen LogP contribution in [0.5, 0.6) is 0 Å². The van der Waals surface area contributed by atoms with Crippen molar-refractivity contribution in [3.05, 3.63) is 0 Å². The highest BCUT2D eigenvalue weighted by Crippen LogP contribution is 2.29. The first-order valence-corrected chi connectivity index (χ1v) is 7.06. The summed E-state index contributed by atoms with van der Waals surface area (Å²) in [6, 6.07) is 0.679. The number of nitrogens with one attached hydrogen (secondary N) is 1. The fourth-order valence-corrected chi connectivity index (χ4v) is 3.16. The van der Waals surface area contributed by atoms with Crippen LogP contribution in [0.2, 0.25) is 0 Å². The Balaban J connectivity index is 1.72. The molecule has 0 aromatic carbocycles. The smallest absolute Gasteiger partial charge is 0.0707 e. The highest BCUT2D eigenvalue weighted by molar-refractivity contribution is 4.86. The van der Waals surface area contributed by atoms with Crippen LogP contribution >= 0.6 is 0 Å². The molecule has 2 saturated heterocycles. The molecule has 100 valence electrons. The Morgan fingerprint density at radius 3 is 2.71 bits per heavy atom. The first kappa shape index (κ1) is 13.3. The number of hydrogen-bond donors (Lipinski definition) is 1. The van der Waals surface area contributed by atoms with E-state index in [0.29, 0.717) is 12.1 Å². The summed E-state index contributed by atoms with van der Waals surface area (Å²) in [5, 5.41) is 3.72. The molecule has 2 aliphatic rings. The molecule has 0 radical (unpaired) electrons. The van der Waals surface area contributed by atoms with Crippen LogP contribution < -0.4 is 5.32 Å². The van der Waals surface area contributed by atoms with Gasteiger partial charge in [-0.05, 0) is 52.6 Å². The van der Waals surface area contributed by atoms with Gasteiger partial charge in [-0.25, -0.2) is 0 Å². The lowest BCUT2D eigenvalue weighted by molar-refractivity contribution is -0.0166. The molecule has 0 amide bonds. The van der Waals surface area contributed by atoms with Gasteiger partial charge in [0.05, 0.1) is 11.7 Å². The largest absolute Gasteiger partial charge is 0.371 e. The van der Waals surface area contributed by atoms with Crippen molar-refractivity contribution in [3.63, 3.8) is 0 Å². The van der Waals surface area contributed by atoms with Gasteiger partial charge >= 0.3 is 0 Å². The second-order valence-corrected chi connectivity index (χ2v) is 6.58. The standard InChI is InChI=1S/C14H28N2O/c1-11-10-16(4)8-6-13(11)15-9-12-5-7-14(2,3)17-12/h11-13,15H,5-10H2,1-4H3. The zero-order chi connectivity index (χ0) is 12.5. The Morgan fingerprint density at radius 2 is 2.12 bits per heavy atom. The normalized spacial score (nSPS) is 38.5. The van der Waals surface area contributed by atoms with Crippen molar-refractivity contribution < 1.29 is 4.74 Å². The minimum absolute atomic E-state index is 0.102. The lowest BCUT2D eigenvalue weighted by Crippen LogP contribution is -2.48. The first-order chi connectivity index (χ1) is 7.96. The van der Waals surface area contributed by atoms with Crippen LogP contribution in [0.3, 0.4) is 0 Å². The highest BCUT2D eigenvalue weighted by Gasteiger charge is 2.32. The summed E-state index contributed by atoms with van der Waals surface area (Å²) in [6.45, 7) is 10.2. The highest BCUT2D eigenvalue weighted by atomic mass is 16.5. The van der Waals surface area contributed by atoms with Gasteiger partial charge in [-0.15, -0.1) is 0 Å². The summed E-state index contributed by atoms with van der Waals surface area (Å²) in [4.78, 5) is 2.43. The second-order valence-electron chi connectivity index (χ2n) is 6.58. The lowest BCUT2D eigenvalue weighted by Gasteiger charge is -2.36. The van der Waals surface area contributed by atoms with Crippen LogP contribution in [-0.4, -0.2) is 49.3 Å². The van der Waals surface area contributed by atoms with Crippen molar-refractivity contribution in [1.82, 2.24) is 10.2 Å². The third-order valence-electron chi connectivity index (χ3n) is 4.27. The van der Waals surface area contributed by atoms with Crippen LogP contribution in [-0.2, 0) is 4.74 Å². The maximum atomic E-state index is 6.02. The Hall–Kier alpha value is -0.120. The molecule has 0 saturated carbocycles. The van der Waals surface area contributed by atoms with E-state index in [9.17, 15) is 0 Å². The molecule has 2 fully saturated rings. The molecule has 17 heavy (non-hydrogen) atoms. The van der Waals surface area contributed by atoms with Gasteiger partial charge in [-0.2, -0.15) is 0 Å². The summed E-state index contributed by atoms with van der Waals surface area (Å²) in [5.74, 6) is 0.753. The van der Waals surface area contributed by atoms with E-state index in [4.69, 9.17) is 4.74 Å². The molecule has 3 atom stereocenters. The molecular formula is C14H28N2O. The van der Waals surface area contributed by atoms with E-state index in [1.807, 2.05) is 0 Å². The number of likely N-dealkylation sites (tertiary alicyclic amines) is 1. The zero-order valence-electron chi connectivity index (χ0n) is 11.8. The van der Waals surface area contributed by atoms with Gasteiger partial charge in [-0.1, -0.05) is 6.92 Å². The van der Waals surface area contributed by atoms with Gasteiger partial charge in [0, 0.05) is 19.1 Å². The average Bonchev–Trinajstić information content (AvgIpc) is 2.57. The molecule has 2 heterocycles. The van der Waals surface area contributed by atoms with Gasteiger partial charge < -0.3 is 15.0 Å². The van der Waals surface area contributed by atoms with Crippen LogP contribution in [0.25, 0.3) is 0 Å². The summed E-state index contributed by atoms with van der Waals surface area (Å²) in [5.41, 5.74) is 0.102. The molecule has 3 nitrogen and oxygen atoms in total. The van der Waals surface area contributed by atoms with Crippen molar-refractivity contribution in [2.24, 2.45) is 5.92 Å². The van der Waals surface area contributed by atoms with Crippen molar-refractivity contribution in [2.75, 3.05) is 26.7 Å². The fourth-order valence-electron chi connectivity index (χ4n) is 3.16. The minimum atomic E-state index is 0.102. The molecule has 2 aliphatic heterocycles. The summed E-state index contributed by atoms with van der Waals surface area (Å²) in [6.07, 6.45) is 4.11. The summed E-state index contributed by atoms with van der Waals surface area (Å²) in [7, 11) is 2.22. The maximum absolute atomic E-state index is 6.02. The molecule has 3 unspecified atom stereocenters. The number of hydrogen-bond acceptors (Lipinski definition) is 3. The topological polar surface area (TPSA) is 24.5 Å². The summed E-state index contributed by atoms with van der Waals surface area (Å²) >= 11 is 0. The Bertz CT molecular complexity index is 255. The number of nitrogens with zero attached hydrogens (tertiary/aromatic N) is 1. The molecule has 0 aromatic rings. The molecule has 3 heteroatoms. The van der Waals surface area contributed by atoms with Crippen molar-refractivity contribution in [2.45, 2.75) is 57.8 Å². The zero-order valence-corrected chi connectivity index (χ0v) is 11.8. The van der Waals surface area contributed by atoms with Gasteiger partial charge in [0.1, 0.15) is 0 Å². The van der Waals surface area contributed by atoms with Gasteiger partial charge in [0.15, 0.2) is 0 Å². The third-order valence-corrected chi connectivity index (χ3v) is 4.27. The van der Waals surface area contributed by atoms with E-state index in [1.54, 1.807) is 0 Å². The average molecular weight is 240 g/mol. The number of rotatable bonds is 3. The van der Waals surface area contributed by atoms with Crippen molar-refractivity contribution in [1.29, 1.82) is 0 Å². The quantitative estimate of drug-likeness (QED) is 0.815.